The second kappa shape index (κ2) is 10.4. The van der Waals surface area contributed by atoms with Gasteiger partial charge in [-0.25, -0.2) is 9.59 Å². The van der Waals surface area contributed by atoms with Gasteiger partial charge in [-0.15, -0.1) is 0 Å². The molecule has 2 aliphatic rings. The number of hydrogen-bond donors (Lipinski definition) is 3. The Bertz CT molecular complexity index is 460. The maximum Gasteiger partial charge on any atom is 0.327 e. The summed E-state index contributed by atoms with van der Waals surface area (Å²) in [5.74, 6) is -0.507. The van der Waals surface area contributed by atoms with Crippen molar-refractivity contribution in [3.8, 4) is 0 Å². The standard InChI is InChI=1S/C19H32N2O4/c22-17(15-8-4-3-5-9-15)12-13-21-16(14-20-19(21)25)10-6-1-2-7-11-18(23)24/h7,11,15-17,22H,1-6,8-10,12-14H2,(H,20,25)(H,23,24)/b11-7+. The highest BCUT2D eigenvalue weighted by atomic mass is 16.4. The Kier molecular flexibility index (Phi) is 8.25. The molecule has 3 N–H and O–H groups in total. The number of aliphatic carboxylic acids is 1. The number of carboxylic acid groups (broad SMARTS) is 1. The van der Waals surface area contributed by atoms with Gasteiger partial charge in [0, 0.05) is 19.2 Å². The maximum absolute atomic E-state index is 12.0. The molecule has 0 radical (unpaired) electrons. The fraction of sp³-hybridized carbons (Fsp3) is 0.789. The minimum absolute atomic E-state index is 0.0217. The lowest BCUT2D eigenvalue weighted by Gasteiger charge is -2.29. The molecule has 0 bridgehead atoms. The molecule has 1 aliphatic heterocycles. The van der Waals surface area contributed by atoms with Crippen LogP contribution in [0.3, 0.4) is 0 Å². The van der Waals surface area contributed by atoms with Gasteiger partial charge in [-0.05, 0) is 44.4 Å². The number of allylic oxidation sites excluding steroid dienone is 1. The van der Waals surface area contributed by atoms with Crippen molar-refractivity contribution in [2.45, 2.75) is 76.4 Å². The summed E-state index contributed by atoms with van der Waals surface area (Å²) in [5, 5.41) is 21.9. The summed E-state index contributed by atoms with van der Waals surface area (Å²) in [5.41, 5.74) is 0. The van der Waals surface area contributed by atoms with Crippen LogP contribution in [-0.2, 0) is 4.79 Å². The number of aliphatic hydroxyl groups is 1. The van der Waals surface area contributed by atoms with Crippen molar-refractivity contribution >= 4 is 12.0 Å². The van der Waals surface area contributed by atoms with E-state index in [4.69, 9.17) is 5.11 Å². The second-order valence-electron chi connectivity index (χ2n) is 7.31. The molecular formula is C19H32N2O4. The van der Waals surface area contributed by atoms with E-state index in [0.29, 0.717) is 25.4 Å². The first-order valence-electron chi connectivity index (χ1n) is 9.70. The third kappa shape index (κ3) is 6.69. The van der Waals surface area contributed by atoms with Gasteiger partial charge in [0.05, 0.1) is 12.1 Å². The monoisotopic (exact) mass is 352 g/mol. The Labute approximate surface area is 150 Å². The van der Waals surface area contributed by atoms with Crippen LogP contribution in [0.4, 0.5) is 4.79 Å². The summed E-state index contributed by atoms with van der Waals surface area (Å²) in [6.45, 7) is 1.29. The highest BCUT2D eigenvalue weighted by Crippen LogP contribution is 2.28. The summed E-state index contributed by atoms with van der Waals surface area (Å²) < 4.78 is 0. The molecule has 2 rings (SSSR count). The number of carbonyl (C=O) groups is 2. The summed E-state index contributed by atoms with van der Waals surface area (Å²) >= 11 is 0. The van der Waals surface area contributed by atoms with E-state index in [1.165, 1.54) is 25.3 Å². The highest BCUT2D eigenvalue weighted by molar-refractivity contribution is 5.79. The summed E-state index contributed by atoms with van der Waals surface area (Å²) in [6.07, 6.45) is 12.7. The van der Waals surface area contributed by atoms with Gasteiger partial charge >= 0.3 is 12.0 Å². The van der Waals surface area contributed by atoms with Gasteiger partial charge in [-0.1, -0.05) is 31.8 Å². The number of hydrogen-bond acceptors (Lipinski definition) is 3. The molecule has 2 unspecified atom stereocenters. The summed E-state index contributed by atoms with van der Waals surface area (Å²) in [4.78, 5) is 24.3. The van der Waals surface area contributed by atoms with Crippen molar-refractivity contribution in [2.24, 2.45) is 5.92 Å². The van der Waals surface area contributed by atoms with Gasteiger partial charge in [0.1, 0.15) is 0 Å². The van der Waals surface area contributed by atoms with Crippen LogP contribution in [0, 0.1) is 5.92 Å². The van der Waals surface area contributed by atoms with E-state index in [1.807, 2.05) is 4.90 Å². The zero-order valence-corrected chi connectivity index (χ0v) is 15.0. The first-order chi connectivity index (χ1) is 12.1. The minimum Gasteiger partial charge on any atom is -0.478 e. The third-order valence-electron chi connectivity index (χ3n) is 5.47. The van der Waals surface area contributed by atoms with Crippen molar-refractivity contribution in [2.75, 3.05) is 13.1 Å². The Hall–Kier alpha value is -1.56. The normalized spacial score (nSPS) is 23.2. The van der Waals surface area contributed by atoms with Crippen LogP contribution in [0.15, 0.2) is 12.2 Å². The second-order valence-corrected chi connectivity index (χ2v) is 7.31. The van der Waals surface area contributed by atoms with Gasteiger partial charge in [-0.2, -0.15) is 0 Å². The average molecular weight is 352 g/mol. The predicted octanol–water partition coefficient (Wildman–Crippen LogP) is 2.91. The number of carbonyl (C=O) groups excluding carboxylic acids is 1. The van der Waals surface area contributed by atoms with Crippen LogP contribution in [0.25, 0.3) is 0 Å². The fourth-order valence-electron chi connectivity index (χ4n) is 3.98. The molecule has 6 heteroatoms. The topological polar surface area (TPSA) is 89.9 Å². The molecule has 0 aromatic heterocycles. The van der Waals surface area contributed by atoms with Crippen LogP contribution in [0.2, 0.25) is 0 Å². The summed E-state index contributed by atoms with van der Waals surface area (Å²) in [6, 6.07) is 0.168. The number of carboxylic acids is 1. The molecule has 0 aromatic rings. The van der Waals surface area contributed by atoms with Gasteiger partial charge in [0.2, 0.25) is 0 Å². The Balaban J connectivity index is 1.68. The molecule has 1 heterocycles. The Morgan fingerprint density at radius 3 is 2.76 bits per heavy atom. The average Bonchev–Trinajstić information content (AvgIpc) is 2.96. The van der Waals surface area contributed by atoms with Crippen molar-refractivity contribution in [3.05, 3.63) is 12.2 Å². The molecule has 142 valence electrons. The minimum atomic E-state index is -0.909. The molecule has 1 saturated heterocycles. The molecule has 2 atom stereocenters. The van der Waals surface area contributed by atoms with Crippen LogP contribution in [-0.4, -0.2) is 52.3 Å². The molecule has 1 aliphatic carbocycles. The lowest BCUT2D eigenvalue weighted by atomic mass is 9.84. The van der Waals surface area contributed by atoms with Gasteiger partial charge < -0.3 is 20.4 Å². The Morgan fingerprint density at radius 2 is 2.04 bits per heavy atom. The van der Waals surface area contributed by atoms with E-state index in [1.54, 1.807) is 6.08 Å². The first kappa shape index (κ1) is 19.8. The molecule has 0 spiro atoms. The predicted molar refractivity (Wildman–Crippen MR) is 96.3 cm³/mol. The van der Waals surface area contributed by atoms with E-state index < -0.39 is 5.97 Å². The van der Waals surface area contributed by atoms with Crippen molar-refractivity contribution < 1.29 is 19.8 Å². The summed E-state index contributed by atoms with van der Waals surface area (Å²) in [7, 11) is 0. The van der Waals surface area contributed by atoms with E-state index in [0.717, 1.165) is 38.5 Å². The molecule has 0 aromatic carbocycles. The molecule has 1 saturated carbocycles. The SMILES string of the molecule is O=C(O)/C=C/CCCCC1CNC(=O)N1CCC(O)C1CCCCC1. The zero-order chi connectivity index (χ0) is 18.1. The molecule has 25 heavy (non-hydrogen) atoms. The van der Waals surface area contributed by atoms with Crippen LogP contribution in [0.1, 0.15) is 64.2 Å². The zero-order valence-electron chi connectivity index (χ0n) is 15.0. The van der Waals surface area contributed by atoms with Crippen molar-refractivity contribution in [3.63, 3.8) is 0 Å². The number of aliphatic hydroxyl groups excluding tert-OH is 1. The van der Waals surface area contributed by atoms with E-state index in [2.05, 4.69) is 5.32 Å². The van der Waals surface area contributed by atoms with E-state index >= 15 is 0 Å². The number of nitrogens with one attached hydrogen (secondary N) is 1. The van der Waals surface area contributed by atoms with E-state index in [-0.39, 0.29) is 18.2 Å². The number of nitrogens with zero attached hydrogens (tertiary/aromatic N) is 1. The van der Waals surface area contributed by atoms with E-state index in [9.17, 15) is 14.7 Å². The molecule has 2 amide bonds. The number of unbranched alkanes of at least 4 members (excludes halogenated alkanes) is 2. The highest BCUT2D eigenvalue weighted by Gasteiger charge is 2.31. The smallest absolute Gasteiger partial charge is 0.327 e. The number of rotatable bonds is 10. The number of amides is 2. The quantitative estimate of drug-likeness (QED) is 0.416. The van der Waals surface area contributed by atoms with Crippen molar-refractivity contribution in [1.29, 1.82) is 0 Å². The van der Waals surface area contributed by atoms with Crippen LogP contribution >= 0.6 is 0 Å². The lowest BCUT2D eigenvalue weighted by molar-refractivity contribution is -0.131. The van der Waals surface area contributed by atoms with Gasteiger partial charge in [0.25, 0.3) is 0 Å². The third-order valence-corrected chi connectivity index (χ3v) is 5.47. The maximum atomic E-state index is 12.0. The molecule has 2 fully saturated rings. The van der Waals surface area contributed by atoms with Crippen LogP contribution < -0.4 is 5.32 Å². The van der Waals surface area contributed by atoms with Gasteiger partial charge in [0.15, 0.2) is 0 Å². The number of urea groups is 1. The molecular weight excluding hydrogens is 320 g/mol. The first-order valence-corrected chi connectivity index (χ1v) is 9.70. The molecule has 6 nitrogen and oxygen atoms in total. The van der Waals surface area contributed by atoms with Crippen molar-refractivity contribution in [1.82, 2.24) is 10.2 Å². The Morgan fingerprint density at radius 1 is 1.28 bits per heavy atom. The largest absolute Gasteiger partial charge is 0.478 e. The van der Waals surface area contributed by atoms with Gasteiger partial charge in [-0.3, -0.25) is 0 Å². The fourth-order valence-corrected chi connectivity index (χ4v) is 3.98. The van der Waals surface area contributed by atoms with Crippen LogP contribution in [0.5, 0.6) is 0 Å². The lowest BCUT2D eigenvalue weighted by Crippen LogP contribution is -2.37.